The van der Waals surface area contributed by atoms with Crippen molar-refractivity contribution < 1.29 is 24.1 Å². The van der Waals surface area contributed by atoms with Gasteiger partial charge in [0.1, 0.15) is 27.9 Å². The van der Waals surface area contributed by atoms with E-state index in [4.69, 9.17) is 14.2 Å². The maximum absolute atomic E-state index is 13.3. The van der Waals surface area contributed by atoms with Gasteiger partial charge in [0.05, 0.1) is 26.5 Å². The molecule has 0 aliphatic carbocycles. The van der Waals surface area contributed by atoms with Gasteiger partial charge in [-0.15, -0.1) is 26.7 Å². The number of rotatable bonds is 16. The largest absolute Gasteiger partial charge is 0.494 e. The van der Waals surface area contributed by atoms with Crippen molar-refractivity contribution in [2.24, 2.45) is 26.4 Å². The third-order valence-corrected chi connectivity index (χ3v) is 8.16. The van der Waals surface area contributed by atoms with E-state index in [9.17, 15) is 9.90 Å². The number of aromatic hydroxyl groups is 1. The molecule has 1 unspecified atom stereocenters. The molecule has 0 aliphatic rings. The number of nitrogens with zero attached hydrogens (tertiary/aromatic N) is 6. The van der Waals surface area contributed by atoms with Gasteiger partial charge in [-0.3, -0.25) is 0 Å². The summed E-state index contributed by atoms with van der Waals surface area (Å²) in [7, 11) is 3.00. The van der Waals surface area contributed by atoms with E-state index in [2.05, 4.69) is 46.3 Å². The van der Waals surface area contributed by atoms with Crippen LogP contribution in [0.3, 0.4) is 0 Å². The standard InChI is InChI=1S/C33H40N6O5S/c1-6-9-10-13-23(8-3)21-44-33(41)31-30(32(40)39(38-31)29-16-12-17-45-29)37-36-26-20-27(42-4)25(19-28(26)43-5)35-34-24-15-11-14-22(7-2)18-24/h11-12,14-20,23,40H,6-10,13,21H2,1-5H3/b35-34+,37-36+. The van der Waals surface area contributed by atoms with Crippen LogP contribution in [-0.2, 0) is 11.2 Å². The summed E-state index contributed by atoms with van der Waals surface area (Å²) >= 11 is 1.35. The predicted molar refractivity (Wildman–Crippen MR) is 175 cm³/mol. The number of hydrogen-bond donors (Lipinski definition) is 1. The molecule has 4 aromatic rings. The Balaban J connectivity index is 1.65. The average molecular weight is 633 g/mol. The summed E-state index contributed by atoms with van der Waals surface area (Å²) < 4.78 is 18.1. The second-order valence-corrected chi connectivity index (χ2v) is 11.3. The van der Waals surface area contributed by atoms with E-state index < -0.39 is 5.97 Å². The van der Waals surface area contributed by atoms with Crippen LogP contribution in [0.5, 0.6) is 17.4 Å². The Morgan fingerprint density at radius 1 is 0.956 bits per heavy atom. The van der Waals surface area contributed by atoms with Crippen LogP contribution in [0.25, 0.3) is 5.00 Å². The van der Waals surface area contributed by atoms with Crippen molar-refractivity contribution >= 4 is 40.1 Å². The number of benzene rings is 2. The molecule has 2 aromatic heterocycles. The van der Waals surface area contributed by atoms with Gasteiger partial charge in [-0.2, -0.15) is 14.9 Å². The topological polar surface area (TPSA) is 132 Å². The number of esters is 1. The lowest BCUT2D eigenvalue weighted by atomic mass is 10.00. The first kappa shape index (κ1) is 33.3. The molecular formula is C33H40N6O5S. The number of aryl methyl sites for hydroxylation is 1. The number of thiophene rings is 1. The Labute approximate surface area is 267 Å². The summed E-state index contributed by atoms with van der Waals surface area (Å²) in [6.07, 6.45) is 6.10. The van der Waals surface area contributed by atoms with Crippen LogP contribution in [0.4, 0.5) is 22.7 Å². The molecule has 0 fully saturated rings. The van der Waals surface area contributed by atoms with E-state index >= 15 is 0 Å². The molecule has 11 nitrogen and oxygen atoms in total. The number of unbranched alkanes of at least 4 members (excludes halogenated alkanes) is 2. The van der Waals surface area contributed by atoms with Crippen molar-refractivity contribution in [2.45, 2.75) is 59.3 Å². The van der Waals surface area contributed by atoms with E-state index in [1.165, 1.54) is 30.2 Å². The van der Waals surface area contributed by atoms with Crippen LogP contribution in [0.1, 0.15) is 68.9 Å². The van der Waals surface area contributed by atoms with Crippen molar-refractivity contribution in [1.82, 2.24) is 9.78 Å². The summed E-state index contributed by atoms with van der Waals surface area (Å²) in [5.74, 6) is -0.0684. The van der Waals surface area contributed by atoms with E-state index in [1.807, 2.05) is 35.7 Å². The lowest BCUT2D eigenvalue weighted by Gasteiger charge is -2.14. The number of methoxy groups -OCH3 is 2. The highest BCUT2D eigenvalue weighted by Crippen LogP contribution is 2.42. The van der Waals surface area contributed by atoms with Gasteiger partial charge in [0.2, 0.25) is 11.6 Å². The van der Waals surface area contributed by atoms with Crippen molar-refractivity contribution in [2.75, 3.05) is 20.8 Å². The van der Waals surface area contributed by atoms with E-state index in [0.717, 1.165) is 44.1 Å². The number of ether oxygens (including phenoxy) is 3. The molecule has 12 heteroatoms. The summed E-state index contributed by atoms with van der Waals surface area (Å²) in [5.41, 5.74) is 2.32. The van der Waals surface area contributed by atoms with Crippen molar-refractivity contribution in [3.05, 3.63) is 65.2 Å². The zero-order valence-electron chi connectivity index (χ0n) is 26.4. The van der Waals surface area contributed by atoms with Gasteiger partial charge >= 0.3 is 5.97 Å². The van der Waals surface area contributed by atoms with Gasteiger partial charge < -0.3 is 19.3 Å². The summed E-state index contributed by atoms with van der Waals surface area (Å²) in [5, 5.41) is 35.3. The van der Waals surface area contributed by atoms with Crippen molar-refractivity contribution in [3.63, 3.8) is 0 Å². The SMILES string of the molecule is CCCCCC(CC)COC(=O)c1nn(-c2cccs2)c(O)c1/N=N/c1cc(OC)c(/N=N/c2cccc(CC)c2)cc1OC. The highest BCUT2D eigenvalue weighted by Gasteiger charge is 2.27. The fourth-order valence-corrected chi connectivity index (χ4v) is 5.28. The molecule has 2 heterocycles. The van der Waals surface area contributed by atoms with Gasteiger partial charge in [0, 0.05) is 12.1 Å². The maximum Gasteiger partial charge on any atom is 0.361 e. The Morgan fingerprint density at radius 3 is 2.31 bits per heavy atom. The van der Waals surface area contributed by atoms with Gasteiger partial charge in [-0.1, -0.05) is 58.6 Å². The van der Waals surface area contributed by atoms with Gasteiger partial charge in [0.15, 0.2) is 5.69 Å². The summed E-state index contributed by atoms with van der Waals surface area (Å²) in [6, 6.07) is 14.6. The Hall–Kier alpha value is -4.58. The molecule has 0 aliphatic heterocycles. The quantitative estimate of drug-likeness (QED) is 0.0743. The minimum atomic E-state index is -0.684. The van der Waals surface area contributed by atoms with Crippen molar-refractivity contribution in [3.8, 4) is 22.4 Å². The molecule has 0 saturated heterocycles. The lowest BCUT2D eigenvalue weighted by Crippen LogP contribution is -2.15. The number of azo groups is 2. The highest BCUT2D eigenvalue weighted by molar-refractivity contribution is 7.12. The minimum Gasteiger partial charge on any atom is -0.494 e. The zero-order valence-corrected chi connectivity index (χ0v) is 27.2. The smallest absolute Gasteiger partial charge is 0.361 e. The summed E-state index contributed by atoms with van der Waals surface area (Å²) in [4.78, 5) is 13.3. The van der Waals surface area contributed by atoms with Crippen LogP contribution in [0, 0.1) is 5.92 Å². The molecular weight excluding hydrogens is 592 g/mol. The van der Waals surface area contributed by atoms with Crippen LogP contribution in [0.2, 0.25) is 0 Å². The second kappa shape index (κ2) is 16.5. The normalized spacial score (nSPS) is 12.2. The van der Waals surface area contributed by atoms with Crippen LogP contribution in [-0.4, -0.2) is 41.7 Å². The molecule has 0 amide bonds. The molecule has 0 radical (unpaired) electrons. The van der Waals surface area contributed by atoms with E-state index in [1.54, 1.807) is 18.2 Å². The fourth-order valence-electron chi connectivity index (χ4n) is 4.60. The Bertz CT molecular complexity index is 1620. The zero-order chi connectivity index (χ0) is 32.2. The first-order valence-corrected chi connectivity index (χ1v) is 16.0. The molecule has 45 heavy (non-hydrogen) atoms. The fraction of sp³-hybridized carbons (Fsp3) is 0.394. The molecule has 0 saturated carbocycles. The van der Waals surface area contributed by atoms with E-state index in [-0.39, 0.29) is 35.5 Å². The van der Waals surface area contributed by atoms with Gasteiger partial charge in [0.25, 0.3) is 0 Å². The molecule has 0 bridgehead atoms. The molecule has 1 N–H and O–H groups in total. The second-order valence-electron chi connectivity index (χ2n) is 10.4. The maximum atomic E-state index is 13.3. The van der Waals surface area contributed by atoms with Crippen LogP contribution >= 0.6 is 11.3 Å². The number of hydrogen-bond acceptors (Lipinski definition) is 11. The first-order chi connectivity index (χ1) is 21.9. The monoisotopic (exact) mass is 632 g/mol. The van der Waals surface area contributed by atoms with E-state index in [0.29, 0.717) is 27.9 Å². The third-order valence-electron chi connectivity index (χ3n) is 7.32. The van der Waals surface area contributed by atoms with Crippen molar-refractivity contribution in [1.29, 1.82) is 0 Å². The molecule has 238 valence electrons. The predicted octanol–water partition coefficient (Wildman–Crippen LogP) is 9.81. The number of aromatic nitrogens is 2. The minimum absolute atomic E-state index is 0.118. The average Bonchev–Trinajstić information content (AvgIpc) is 3.72. The first-order valence-electron chi connectivity index (χ1n) is 15.1. The number of carbonyl (C=O) groups is 1. The van der Waals surface area contributed by atoms with Gasteiger partial charge in [-0.25, -0.2) is 4.79 Å². The molecule has 2 aromatic carbocycles. The van der Waals surface area contributed by atoms with Crippen LogP contribution in [0.15, 0.2) is 74.4 Å². The highest BCUT2D eigenvalue weighted by atomic mass is 32.1. The number of carbonyl (C=O) groups excluding carboxylic acids is 1. The molecule has 0 spiro atoms. The lowest BCUT2D eigenvalue weighted by molar-refractivity contribution is 0.0421. The molecule has 1 atom stereocenters. The van der Waals surface area contributed by atoms with Gasteiger partial charge in [-0.05, 0) is 54.0 Å². The molecule has 4 rings (SSSR count). The Kier molecular flexibility index (Phi) is 12.2. The Morgan fingerprint density at radius 2 is 1.69 bits per heavy atom. The van der Waals surface area contributed by atoms with Crippen LogP contribution < -0.4 is 9.47 Å². The summed E-state index contributed by atoms with van der Waals surface area (Å²) in [6.45, 7) is 6.57. The third kappa shape index (κ3) is 8.53.